The van der Waals surface area contributed by atoms with Crippen molar-refractivity contribution in [3.8, 4) is 0 Å². The number of esters is 1. The van der Waals surface area contributed by atoms with Crippen LogP contribution < -0.4 is 5.32 Å². The third-order valence-corrected chi connectivity index (χ3v) is 15.3. The second-order valence-corrected chi connectivity index (χ2v) is 16.8. The van der Waals surface area contributed by atoms with Crippen LogP contribution in [-0.4, -0.2) is 23.4 Å². The van der Waals surface area contributed by atoms with Crippen LogP contribution in [0.5, 0.6) is 0 Å². The minimum Gasteiger partial charge on any atom is -0.461 e. The Labute approximate surface area is 234 Å². The predicted octanol–water partition coefficient (Wildman–Crippen LogP) is 7.67. The summed E-state index contributed by atoms with van der Waals surface area (Å²) in [7, 11) is 0. The molecule has 1 aromatic carbocycles. The summed E-state index contributed by atoms with van der Waals surface area (Å²) in [5, 5.41) is 3.85. The fourth-order valence-electron chi connectivity index (χ4n) is 12.8. The van der Waals surface area contributed by atoms with Crippen LogP contribution in [0.1, 0.15) is 110 Å². The molecule has 4 nitrogen and oxygen atoms in total. The SMILES string of the molecule is CC1(C)CC[C@]23CC[C@]4(C)[C@H](CC[C@@H]5[C@H]6C[C@]7(Nc8ccccc8C7=O)C(C)(C)[C@@H]6CC[C@]54C)[C@H]2C1OC3=O. The number of ketones is 1. The predicted molar refractivity (Wildman–Crippen MR) is 152 cm³/mol. The van der Waals surface area contributed by atoms with E-state index >= 15 is 0 Å². The van der Waals surface area contributed by atoms with Gasteiger partial charge in [-0.3, -0.25) is 9.59 Å². The molecular formula is C35H47NO3. The minimum absolute atomic E-state index is 0.0688. The molecule has 6 fully saturated rings. The van der Waals surface area contributed by atoms with Gasteiger partial charge in [-0.15, -0.1) is 0 Å². The lowest BCUT2D eigenvalue weighted by atomic mass is 9.35. The van der Waals surface area contributed by atoms with Crippen LogP contribution in [0.3, 0.4) is 0 Å². The van der Waals surface area contributed by atoms with Gasteiger partial charge in [-0.2, -0.15) is 0 Å². The number of carbonyl (C=O) groups is 2. The van der Waals surface area contributed by atoms with Crippen LogP contribution in [0.2, 0.25) is 0 Å². The third kappa shape index (κ3) is 2.57. The van der Waals surface area contributed by atoms with Gasteiger partial charge in [-0.25, -0.2) is 0 Å². The number of hydrogen-bond acceptors (Lipinski definition) is 4. The van der Waals surface area contributed by atoms with Crippen molar-refractivity contribution in [2.75, 3.05) is 5.32 Å². The zero-order chi connectivity index (χ0) is 27.4. The number of ether oxygens (including phenoxy) is 1. The number of para-hydroxylation sites is 1. The van der Waals surface area contributed by atoms with Crippen LogP contribution in [0.4, 0.5) is 5.69 Å². The van der Waals surface area contributed by atoms with Crippen molar-refractivity contribution in [3.63, 3.8) is 0 Å². The Morgan fingerprint density at radius 1 is 0.795 bits per heavy atom. The van der Waals surface area contributed by atoms with Crippen molar-refractivity contribution < 1.29 is 14.3 Å². The van der Waals surface area contributed by atoms with Gasteiger partial charge in [0.2, 0.25) is 0 Å². The van der Waals surface area contributed by atoms with E-state index in [2.05, 4.69) is 59.0 Å². The Hall–Kier alpha value is -1.84. The van der Waals surface area contributed by atoms with Gasteiger partial charge in [0, 0.05) is 22.6 Å². The molecule has 10 atom stereocenters. The zero-order valence-electron chi connectivity index (χ0n) is 24.9. The average molecular weight is 530 g/mol. The van der Waals surface area contributed by atoms with Crippen LogP contribution in [0.15, 0.2) is 24.3 Å². The topological polar surface area (TPSA) is 55.4 Å². The summed E-state index contributed by atoms with van der Waals surface area (Å²) in [6.07, 6.45) is 10.2. The first-order chi connectivity index (χ1) is 18.3. The summed E-state index contributed by atoms with van der Waals surface area (Å²) in [4.78, 5) is 27.6. The van der Waals surface area contributed by atoms with Crippen LogP contribution in [-0.2, 0) is 9.53 Å². The number of fused-ring (bicyclic) bond motifs is 6. The Balaban J connectivity index is 1.17. The summed E-state index contributed by atoms with van der Waals surface area (Å²) in [6.45, 7) is 14.7. The maximum atomic E-state index is 14.1. The van der Waals surface area contributed by atoms with Crippen molar-refractivity contribution >= 4 is 17.4 Å². The maximum absolute atomic E-state index is 14.1. The molecule has 1 saturated heterocycles. The van der Waals surface area contributed by atoms with Gasteiger partial charge in [-0.05, 0) is 110 Å². The summed E-state index contributed by atoms with van der Waals surface area (Å²) < 4.78 is 6.32. The van der Waals surface area contributed by atoms with Gasteiger partial charge in [-0.1, -0.05) is 53.7 Å². The molecule has 0 amide bonds. The quantitative estimate of drug-likeness (QED) is 0.350. The van der Waals surface area contributed by atoms with Crippen LogP contribution >= 0.6 is 0 Å². The largest absolute Gasteiger partial charge is 0.461 e. The van der Waals surface area contributed by atoms with E-state index in [1.165, 1.54) is 25.7 Å². The van der Waals surface area contributed by atoms with E-state index in [9.17, 15) is 9.59 Å². The zero-order valence-corrected chi connectivity index (χ0v) is 24.9. The lowest BCUT2D eigenvalue weighted by Gasteiger charge is -2.68. The fourth-order valence-corrected chi connectivity index (χ4v) is 12.8. The summed E-state index contributed by atoms with van der Waals surface area (Å²) in [5.74, 6) is 3.15. The first-order valence-electron chi connectivity index (χ1n) is 16.0. The highest BCUT2D eigenvalue weighted by atomic mass is 16.6. The van der Waals surface area contributed by atoms with Crippen molar-refractivity contribution in [1.82, 2.24) is 0 Å². The van der Waals surface area contributed by atoms with E-state index in [-0.39, 0.29) is 39.1 Å². The summed E-state index contributed by atoms with van der Waals surface area (Å²) in [6, 6.07) is 8.18. The number of hydrogen-bond donors (Lipinski definition) is 1. The molecule has 2 bridgehead atoms. The summed E-state index contributed by atoms with van der Waals surface area (Å²) >= 11 is 0. The fraction of sp³-hybridized carbons (Fsp3) is 0.771. The van der Waals surface area contributed by atoms with Gasteiger partial charge in [0.1, 0.15) is 11.6 Å². The van der Waals surface area contributed by atoms with Crippen molar-refractivity contribution in [3.05, 3.63) is 29.8 Å². The molecule has 5 aliphatic carbocycles. The molecule has 39 heavy (non-hydrogen) atoms. The van der Waals surface area contributed by atoms with E-state index < -0.39 is 5.54 Å². The second kappa shape index (κ2) is 7.13. The first kappa shape index (κ1) is 24.9. The molecule has 0 radical (unpaired) electrons. The highest BCUT2D eigenvalue weighted by Gasteiger charge is 2.76. The van der Waals surface area contributed by atoms with Gasteiger partial charge in [0.25, 0.3) is 0 Å². The van der Waals surface area contributed by atoms with E-state index in [1.807, 2.05) is 12.1 Å². The van der Waals surface area contributed by atoms with E-state index in [0.717, 1.165) is 43.4 Å². The highest BCUT2D eigenvalue weighted by molar-refractivity contribution is 6.14. The maximum Gasteiger partial charge on any atom is 0.312 e. The Kier molecular flexibility index (Phi) is 4.56. The molecule has 1 unspecified atom stereocenters. The molecule has 2 aliphatic heterocycles. The van der Waals surface area contributed by atoms with E-state index in [4.69, 9.17) is 4.74 Å². The Bertz CT molecular complexity index is 1300. The molecule has 7 aliphatic rings. The molecule has 1 N–H and O–H groups in total. The average Bonchev–Trinajstić information content (AvgIpc) is 3.41. The molecule has 4 heteroatoms. The van der Waals surface area contributed by atoms with Crippen LogP contribution in [0, 0.1) is 56.7 Å². The highest BCUT2D eigenvalue weighted by Crippen LogP contribution is 2.77. The lowest BCUT2D eigenvalue weighted by molar-refractivity contribution is -0.209. The number of nitrogens with one attached hydrogen (secondary N) is 1. The monoisotopic (exact) mass is 529 g/mol. The van der Waals surface area contributed by atoms with Gasteiger partial charge in [0.15, 0.2) is 5.78 Å². The molecule has 1 aromatic rings. The van der Waals surface area contributed by atoms with Crippen molar-refractivity contribution in [2.24, 2.45) is 56.7 Å². The smallest absolute Gasteiger partial charge is 0.312 e. The lowest BCUT2D eigenvalue weighted by Crippen LogP contribution is -2.64. The number of anilines is 1. The van der Waals surface area contributed by atoms with Gasteiger partial charge >= 0.3 is 5.97 Å². The van der Waals surface area contributed by atoms with Gasteiger partial charge in [0.05, 0.1) is 5.41 Å². The van der Waals surface area contributed by atoms with Crippen LogP contribution in [0.25, 0.3) is 0 Å². The standard InChI is InChI=1S/C35H47NO3/c1-30(2)15-17-34-18-16-33(6)24(26(34)28(30)39-29(34)38)12-11-23-21-19-35(27(37)20-9-7-8-10-25(20)36-35)31(3,4)22(21)13-14-32(23,33)5/h7-10,21-24,26,28,36H,11-19H2,1-6H3/t21-,22+,23+,24+,26-,28?,32+,33+,34-,35+/m0/s1. The van der Waals surface area contributed by atoms with Gasteiger partial charge < -0.3 is 10.1 Å². The number of rotatable bonds is 0. The van der Waals surface area contributed by atoms with E-state index in [1.54, 1.807) is 0 Å². The molecule has 8 rings (SSSR count). The number of carbonyl (C=O) groups excluding carboxylic acids is 2. The molecular weight excluding hydrogens is 482 g/mol. The molecule has 0 aromatic heterocycles. The first-order valence-corrected chi connectivity index (χ1v) is 16.0. The van der Waals surface area contributed by atoms with Crippen molar-refractivity contribution in [1.29, 1.82) is 0 Å². The molecule has 1 spiro atoms. The number of Topliss-reactive ketones (excluding diaryl/α,β-unsaturated/α-hetero) is 1. The summed E-state index contributed by atoms with van der Waals surface area (Å²) in [5.41, 5.74) is 1.64. The minimum atomic E-state index is -0.488. The van der Waals surface area contributed by atoms with E-state index in [0.29, 0.717) is 35.4 Å². The Morgan fingerprint density at radius 3 is 2.26 bits per heavy atom. The third-order valence-electron chi connectivity index (χ3n) is 15.3. The molecule has 2 heterocycles. The second-order valence-electron chi connectivity index (χ2n) is 16.8. The Morgan fingerprint density at radius 2 is 1.49 bits per heavy atom. The van der Waals surface area contributed by atoms with Crippen molar-refractivity contribution in [2.45, 2.75) is 111 Å². The molecule has 210 valence electrons. The number of benzene rings is 1. The normalized spacial score (nSPS) is 51.7. The molecule has 5 saturated carbocycles.